The SMILES string of the molecule is COc1cc(CBr)ccc1OCc1csc2ccccc12. The molecule has 0 atom stereocenters. The summed E-state index contributed by atoms with van der Waals surface area (Å²) < 4.78 is 12.6. The lowest BCUT2D eigenvalue weighted by Gasteiger charge is -2.11. The Morgan fingerprint density at radius 2 is 1.95 bits per heavy atom. The monoisotopic (exact) mass is 362 g/mol. The molecule has 0 fully saturated rings. The number of hydrogen-bond donors (Lipinski definition) is 0. The molecule has 0 saturated heterocycles. The highest BCUT2D eigenvalue weighted by Crippen LogP contribution is 2.31. The molecule has 4 heteroatoms. The van der Waals surface area contributed by atoms with E-state index < -0.39 is 0 Å². The van der Waals surface area contributed by atoms with Gasteiger partial charge >= 0.3 is 0 Å². The van der Waals surface area contributed by atoms with Crippen molar-refractivity contribution in [2.75, 3.05) is 7.11 Å². The van der Waals surface area contributed by atoms with E-state index in [4.69, 9.17) is 9.47 Å². The van der Waals surface area contributed by atoms with E-state index in [1.54, 1.807) is 18.4 Å². The number of ether oxygens (including phenoxy) is 2. The Morgan fingerprint density at radius 1 is 1.10 bits per heavy atom. The Kier molecular flexibility index (Phi) is 4.46. The van der Waals surface area contributed by atoms with Crippen LogP contribution in [0, 0.1) is 0 Å². The van der Waals surface area contributed by atoms with Crippen molar-refractivity contribution < 1.29 is 9.47 Å². The van der Waals surface area contributed by atoms with Crippen molar-refractivity contribution in [3.63, 3.8) is 0 Å². The molecule has 3 rings (SSSR count). The Morgan fingerprint density at radius 3 is 2.76 bits per heavy atom. The Balaban J connectivity index is 1.81. The fourth-order valence-electron chi connectivity index (χ4n) is 2.21. The van der Waals surface area contributed by atoms with Gasteiger partial charge in [-0.25, -0.2) is 0 Å². The van der Waals surface area contributed by atoms with Crippen LogP contribution in [0.25, 0.3) is 10.1 Å². The number of hydrogen-bond acceptors (Lipinski definition) is 3. The van der Waals surface area contributed by atoms with Crippen LogP contribution in [0.4, 0.5) is 0 Å². The lowest BCUT2D eigenvalue weighted by Crippen LogP contribution is -1.97. The number of fused-ring (bicyclic) bond motifs is 1. The van der Waals surface area contributed by atoms with E-state index in [9.17, 15) is 0 Å². The lowest BCUT2D eigenvalue weighted by molar-refractivity contribution is 0.286. The zero-order chi connectivity index (χ0) is 14.7. The summed E-state index contributed by atoms with van der Waals surface area (Å²) in [5.41, 5.74) is 2.38. The van der Waals surface area contributed by atoms with Crippen LogP contribution >= 0.6 is 27.3 Å². The van der Waals surface area contributed by atoms with Crippen LogP contribution < -0.4 is 9.47 Å². The van der Waals surface area contributed by atoms with E-state index in [-0.39, 0.29) is 0 Å². The van der Waals surface area contributed by atoms with Crippen LogP contribution in [0.3, 0.4) is 0 Å². The molecule has 0 N–H and O–H groups in total. The normalized spacial score (nSPS) is 10.8. The van der Waals surface area contributed by atoms with Crippen molar-refractivity contribution in [3.05, 3.63) is 59.0 Å². The van der Waals surface area contributed by atoms with E-state index in [0.29, 0.717) is 6.61 Å². The van der Waals surface area contributed by atoms with E-state index >= 15 is 0 Å². The van der Waals surface area contributed by atoms with Crippen molar-refractivity contribution in [1.29, 1.82) is 0 Å². The third-order valence-electron chi connectivity index (χ3n) is 3.33. The molecule has 0 aliphatic carbocycles. The summed E-state index contributed by atoms with van der Waals surface area (Å²) in [6.07, 6.45) is 0. The Hall–Kier alpha value is -1.52. The molecule has 21 heavy (non-hydrogen) atoms. The smallest absolute Gasteiger partial charge is 0.161 e. The van der Waals surface area contributed by atoms with Gasteiger partial charge in [-0.05, 0) is 34.5 Å². The second kappa shape index (κ2) is 6.50. The number of thiophene rings is 1. The van der Waals surface area contributed by atoms with Gasteiger partial charge < -0.3 is 9.47 Å². The summed E-state index contributed by atoms with van der Waals surface area (Å²) in [6, 6.07) is 14.4. The molecule has 0 bridgehead atoms. The number of rotatable bonds is 5. The van der Waals surface area contributed by atoms with Gasteiger partial charge in [0.1, 0.15) is 6.61 Å². The average Bonchev–Trinajstić information content (AvgIpc) is 2.96. The van der Waals surface area contributed by atoms with Crippen molar-refractivity contribution in [1.82, 2.24) is 0 Å². The first-order valence-corrected chi connectivity index (χ1v) is 8.62. The molecular weight excluding hydrogens is 348 g/mol. The molecule has 2 nitrogen and oxygen atoms in total. The second-order valence-corrected chi connectivity index (χ2v) is 6.14. The van der Waals surface area contributed by atoms with Gasteiger partial charge in [-0.3, -0.25) is 0 Å². The maximum Gasteiger partial charge on any atom is 0.161 e. The van der Waals surface area contributed by atoms with E-state index in [1.807, 2.05) is 18.2 Å². The second-order valence-electron chi connectivity index (χ2n) is 4.66. The van der Waals surface area contributed by atoms with E-state index in [0.717, 1.165) is 16.8 Å². The van der Waals surface area contributed by atoms with Crippen LogP contribution in [0.1, 0.15) is 11.1 Å². The fourth-order valence-corrected chi connectivity index (χ4v) is 3.51. The largest absolute Gasteiger partial charge is 0.493 e. The quantitative estimate of drug-likeness (QED) is 0.567. The first kappa shape index (κ1) is 14.4. The van der Waals surface area contributed by atoms with Crippen LogP contribution in [-0.2, 0) is 11.9 Å². The molecule has 0 saturated carbocycles. The van der Waals surface area contributed by atoms with Gasteiger partial charge in [-0.15, -0.1) is 11.3 Å². The number of alkyl halides is 1. The molecule has 1 aromatic heterocycles. The first-order valence-electron chi connectivity index (χ1n) is 6.62. The van der Waals surface area contributed by atoms with Crippen molar-refractivity contribution in [3.8, 4) is 11.5 Å². The third-order valence-corrected chi connectivity index (χ3v) is 4.99. The average molecular weight is 363 g/mol. The molecular formula is C17H15BrO2S. The fraction of sp³-hybridized carbons (Fsp3) is 0.176. The van der Waals surface area contributed by atoms with Gasteiger partial charge in [-0.1, -0.05) is 40.2 Å². The molecule has 0 radical (unpaired) electrons. The maximum atomic E-state index is 5.95. The van der Waals surface area contributed by atoms with Gasteiger partial charge in [0.25, 0.3) is 0 Å². The zero-order valence-electron chi connectivity index (χ0n) is 11.6. The molecule has 0 aliphatic rings. The summed E-state index contributed by atoms with van der Waals surface area (Å²) in [4.78, 5) is 0. The molecule has 0 unspecified atom stereocenters. The Bertz CT molecular complexity index is 751. The summed E-state index contributed by atoms with van der Waals surface area (Å²) in [7, 11) is 1.67. The van der Waals surface area contributed by atoms with Gasteiger partial charge in [-0.2, -0.15) is 0 Å². The lowest BCUT2D eigenvalue weighted by atomic mass is 10.2. The van der Waals surface area contributed by atoms with E-state index in [2.05, 4.69) is 45.6 Å². The van der Waals surface area contributed by atoms with Crippen LogP contribution in [0.2, 0.25) is 0 Å². The number of halogens is 1. The molecule has 0 aliphatic heterocycles. The van der Waals surface area contributed by atoms with Crippen LogP contribution in [0.5, 0.6) is 11.5 Å². The molecule has 0 spiro atoms. The topological polar surface area (TPSA) is 18.5 Å². The van der Waals surface area contributed by atoms with Crippen LogP contribution in [-0.4, -0.2) is 7.11 Å². The summed E-state index contributed by atoms with van der Waals surface area (Å²) in [6.45, 7) is 0.550. The summed E-state index contributed by atoms with van der Waals surface area (Å²) >= 11 is 5.20. The van der Waals surface area contributed by atoms with Gasteiger partial charge in [0.05, 0.1) is 7.11 Å². The predicted octanol–water partition coefficient (Wildman–Crippen LogP) is 5.38. The van der Waals surface area contributed by atoms with Gasteiger partial charge in [0.2, 0.25) is 0 Å². The predicted molar refractivity (Wildman–Crippen MR) is 91.8 cm³/mol. The first-order chi connectivity index (χ1) is 10.3. The standard InChI is InChI=1S/C17H15BrO2S/c1-19-16-8-12(9-18)6-7-15(16)20-10-13-11-21-17-5-3-2-4-14(13)17/h2-8,11H,9-10H2,1H3. The molecule has 0 amide bonds. The highest BCUT2D eigenvalue weighted by atomic mass is 79.9. The molecule has 3 aromatic rings. The highest BCUT2D eigenvalue weighted by Gasteiger charge is 2.08. The van der Waals surface area contributed by atoms with E-state index in [1.165, 1.54) is 21.2 Å². The number of benzene rings is 2. The van der Waals surface area contributed by atoms with Crippen LogP contribution in [0.15, 0.2) is 47.8 Å². The molecule has 2 aromatic carbocycles. The minimum absolute atomic E-state index is 0.550. The minimum Gasteiger partial charge on any atom is -0.493 e. The third kappa shape index (κ3) is 3.06. The Labute approximate surface area is 136 Å². The zero-order valence-corrected chi connectivity index (χ0v) is 14.0. The maximum absolute atomic E-state index is 5.95. The molecule has 1 heterocycles. The minimum atomic E-state index is 0.550. The van der Waals surface area contributed by atoms with Gasteiger partial charge in [0, 0.05) is 15.6 Å². The van der Waals surface area contributed by atoms with Crippen molar-refractivity contribution >= 4 is 37.4 Å². The molecule has 108 valence electrons. The summed E-state index contributed by atoms with van der Waals surface area (Å²) in [5, 5.41) is 4.22. The van der Waals surface area contributed by atoms with Crippen molar-refractivity contribution in [2.45, 2.75) is 11.9 Å². The van der Waals surface area contributed by atoms with Crippen molar-refractivity contribution in [2.24, 2.45) is 0 Å². The highest BCUT2D eigenvalue weighted by molar-refractivity contribution is 9.08. The van der Waals surface area contributed by atoms with Gasteiger partial charge in [0.15, 0.2) is 11.5 Å². The number of methoxy groups -OCH3 is 1. The summed E-state index contributed by atoms with van der Waals surface area (Å²) in [5.74, 6) is 1.55.